The smallest absolute Gasteiger partial charge is 0.251 e. The Morgan fingerprint density at radius 3 is 2.52 bits per heavy atom. The van der Waals surface area contributed by atoms with E-state index in [-0.39, 0.29) is 5.91 Å². The van der Waals surface area contributed by atoms with Gasteiger partial charge >= 0.3 is 0 Å². The van der Waals surface area contributed by atoms with E-state index in [0.717, 1.165) is 22.5 Å². The number of hydrogen-bond donors (Lipinski definition) is 1. The van der Waals surface area contributed by atoms with Gasteiger partial charge in [0.1, 0.15) is 6.33 Å². The molecule has 1 aromatic heterocycles. The Morgan fingerprint density at radius 2 is 1.74 bits per heavy atom. The fourth-order valence-corrected chi connectivity index (χ4v) is 2.35. The van der Waals surface area contributed by atoms with Crippen molar-refractivity contribution < 1.29 is 4.79 Å². The third-order valence-corrected chi connectivity index (χ3v) is 3.61. The first-order chi connectivity index (χ1) is 11.2. The summed E-state index contributed by atoms with van der Waals surface area (Å²) in [6.45, 7) is 2.29. The molecule has 3 aromatic rings. The van der Waals surface area contributed by atoms with E-state index < -0.39 is 0 Å². The summed E-state index contributed by atoms with van der Waals surface area (Å²) in [6.07, 6.45) is 1.53. The third kappa shape index (κ3) is 3.61. The average molecular weight is 303 g/mol. The van der Waals surface area contributed by atoms with E-state index in [1.54, 1.807) is 0 Å². The maximum Gasteiger partial charge on any atom is 0.251 e. The molecular weight excluding hydrogens is 286 g/mol. The SMILES string of the molecule is Cc1ccccc1C(=O)NCc1cc(-c2ccccc2)ncn1. The van der Waals surface area contributed by atoms with Crippen LogP contribution in [0.4, 0.5) is 0 Å². The van der Waals surface area contributed by atoms with Crippen LogP contribution in [0.5, 0.6) is 0 Å². The summed E-state index contributed by atoms with van der Waals surface area (Å²) in [5.41, 5.74) is 4.30. The monoisotopic (exact) mass is 303 g/mol. The van der Waals surface area contributed by atoms with Crippen molar-refractivity contribution in [1.29, 1.82) is 0 Å². The molecule has 0 aliphatic rings. The van der Waals surface area contributed by atoms with Gasteiger partial charge in [0.2, 0.25) is 0 Å². The summed E-state index contributed by atoms with van der Waals surface area (Å²) in [6, 6.07) is 19.3. The minimum absolute atomic E-state index is 0.0945. The van der Waals surface area contributed by atoms with Crippen molar-refractivity contribution in [3.05, 3.63) is 83.8 Å². The molecule has 1 amide bonds. The Balaban J connectivity index is 1.72. The van der Waals surface area contributed by atoms with Gasteiger partial charge in [-0.05, 0) is 24.6 Å². The average Bonchev–Trinajstić information content (AvgIpc) is 2.61. The third-order valence-electron chi connectivity index (χ3n) is 3.61. The predicted molar refractivity (Wildman–Crippen MR) is 89.8 cm³/mol. The Labute approximate surface area is 135 Å². The van der Waals surface area contributed by atoms with Gasteiger partial charge < -0.3 is 5.32 Å². The number of benzene rings is 2. The summed E-state index contributed by atoms with van der Waals surface area (Å²) in [5.74, 6) is -0.0945. The molecule has 3 rings (SSSR count). The van der Waals surface area contributed by atoms with Gasteiger partial charge in [0.25, 0.3) is 5.91 Å². The summed E-state index contributed by atoms with van der Waals surface area (Å²) in [7, 11) is 0. The molecule has 0 radical (unpaired) electrons. The quantitative estimate of drug-likeness (QED) is 0.804. The number of carbonyl (C=O) groups excluding carboxylic acids is 1. The maximum absolute atomic E-state index is 12.2. The summed E-state index contributed by atoms with van der Waals surface area (Å²) >= 11 is 0. The molecular formula is C19H17N3O. The van der Waals surface area contributed by atoms with Gasteiger partial charge in [-0.15, -0.1) is 0 Å². The van der Waals surface area contributed by atoms with Crippen molar-refractivity contribution in [1.82, 2.24) is 15.3 Å². The van der Waals surface area contributed by atoms with E-state index in [2.05, 4.69) is 15.3 Å². The maximum atomic E-state index is 12.2. The van der Waals surface area contributed by atoms with Crippen LogP contribution < -0.4 is 5.32 Å². The van der Waals surface area contributed by atoms with Crippen molar-refractivity contribution in [2.75, 3.05) is 0 Å². The standard InChI is InChI=1S/C19H17N3O/c1-14-7-5-6-10-17(14)19(23)20-12-16-11-18(22-13-21-16)15-8-3-2-4-9-15/h2-11,13H,12H2,1H3,(H,20,23). The van der Waals surface area contributed by atoms with Gasteiger partial charge in [-0.2, -0.15) is 0 Å². The van der Waals surface area contributed by atoms with Crippen LogP contribution in [0.25, 0.3) is 11.3 Å². The van der Waals surface area contributed by atoms with Gasteiger partial charge in [0, 0.05) is 11.1 Å². The zero-order valence-corrected chi connectivity index (χ0v) is 12.9. The number of amides is 1. The van der Waals surface area contributed by atoms with E-state index in [1.807, 2.05) is 67.6 Å². The highest BCUT2D eigenvalue weighted by Crippen LogP contribution is 2.16. The number of hydrogen-bond acceptors (Lipinski definition) is 3. The largest absolute Gasteiger partial charge is 0.346 e. The van der Waals surface area contributed by atoms with E-state index >= 15 is 0 Å². The first-order valence-electron chi connectivity index (χ1n) is 7.44. The first kappa shape index (κ1) is 14.9. The highest BCUT2D eigenvalue weighted by molar-refractivity contribution is 5.95. The summed E-state index contributed by atoms with van der Waals surface area (Å²) in [5, 5.41) is 2.91. The normalized spacial score (nSPS) is 10.3. The van der Waals surface area contributed by atoms with Gasteiger partial charge in [-0.3, -0.25) is 4.79 Å². The Bertz CT molecular complexity index is 816. The lowest BCUT2D eigenvalue weighted by molar-refractivity contribution is 0.0950. The van der Waals surface area contributed by atoms with E-state index in [0.29, 0.717) is 12.1 Å². The van der Waals surface area contributed by atoms with Gasteiger partial charge in [-0.25, -0.2) is 9.97 Å². The van der Waals surface area contributed by atoms with Crippen molar-refractivity contribution in [2.45, 2.75) is 13.5 Å². The van der Waals surface area contributed by atoms with E-state index in [1.165, 1.54) is 6.33 Å². The lowest BCUT2D eigenvalue weighted by Crippen LogP contribution is -2.24. The molecule has 1 heterocycles. The van der Waals surface area contributed by atoms with Crippen LogP contribution in [0.15, 0.2) is 67.0 Å². The molecule has 0 unspecified atom stereocenters. The molecule has 0 bridgehead atoms. The molecule has 23 heavy (non-hydrogen) atoms. The molecule has 4 nitrogen and oxygen atoms in total. The highest BCUT2D eigenvalue weighted by atomic mass is 16.1. The molecule has 0 atom stereocenters. The Hall–Kier alpha value is -3.01. The number of aromatic nitrogens is 2. The zero-order valence-electron chi connectivity index (χ0n) is 12.9. The minimum atomic E-state index is -0.0945. The number of carbonyl (C=O) groups is 1. The van der Waals surface area contributed by atoms with Crippen LogP contribution >= 0.6 is 0 Å². The molecule has 114 valence electrons. The van der Waals surface area contributed by atoms with Crippen LogP contribution in [0.3, 0.4) is 0 Å². The van der Waals surface area contributed by atoms with Crippen LogP contribution in [0.1, 0.15) is 21.6 Å². The predicted octanol–water partition coefficient (Wildman–Crippen LogP) is 3.38. The van der Waals surface area contributed by atoms with Gasteiger partial charge in [0.05, 0.1) is 17.9 Å². The molecule has 4 heteroatoms. The van der Waals surface area contributed by atoms with Crippen LogP contribution in [-0.4, -0.2) is 15.9 Å². The van der Waals surface area contributed by atoms with Crippen LogP contribution in [0, 0.1) is 6.92 Å². The summed E-state index contributed by atoms with van der Waals surface area (Å²) < 4.78 is 0. The lowest BCUT2D eigenvalue weighted by atomic mass is 10.1. The Morgan fingerprint density at radius 1 is 1.00 bits per heavy atom. The molecule has 2 aromatic carbocycles. The number of aryl methyl sites for hydroxylation is 1. The minimum Gasteiger partial charge on any atom is -0.346 e. The lowest BCUT2D eigenvalue weighted by Gasteiger charge is -2.08. The molecule has 0 aliphatic carbocycles. The Kier molecular flexibility index (Phi) is 4.43. The van der Waals surface area contributed by atoms with Gasteiger partial charge in [0.15, 0.2) is 0 Å². The van der Waals surface area contributed by atoms with Crippen molar-refractivity contribution >= 4 is 5.91 Å². The molecule has 1 N–H and O–H groups in total. The number of rotatable bonds is 4. The first-order valence-corrected chi connectivity index (χ1v) is 7.44. The fourth-order valence-electron chi connectivity index (χ4n) is 2.35. The number of nitrogens with one attached hydrogen (secondary N) is 1. The molecule has 0 spiro atoms. The molecule has 0 fully saturated rings. The topological polar surface area (TPSA) is 54.9 Å². The van der Waals surface area contributed by atoms with E-state index in [9.17, 15) is 4.79 Å². The van der Waals surface area contributed by atoms with E-state index in [4.69, 9.17) is 0 Å². The van der Waals surface area contributed by atoms with Crippen LogP contribution in [0.2, 0.25) is 0 Å². The molecule has 0 saturated heterocycles. The molecule has 0 aliphatic heterocycles. The van der Waals surface area contributed by atoms with Crippen molar-refractivity contribution in [2.24, 2.45) is 0 Å². The second-order valence-corrected chi connectivity index (χ2v) is 5.26. The number of nitrogens with zero attached hydrogens (tertiary/aromatic N) is 2. The van der Waals surface area contributed by atoms with Crippen molar-refractivity contribution in [3.8, 4) is 11.3 Å². The van der Waals surface area contributed by atoms with Crippen molar-refractivity contribution in [3.63, 3.8) is 0 Å². The highest BCUT2D eigenvalue weighted by Gasteiger charge is 2.08. The summed E-state index contributed by atoms with van der Waals surface area (Å²) in [4.78, 5) is 20.8. The zero-order chi connectivity index (χ0) is 16.1. The fraction of sp³-hybridized carbons (Fsp3) is 0.105. The second kappa shape index (κ2) is 6.83. The molecule has 0 saturated carbocycles. The van der Waals surface area contributed by atoms with Crippen LogP contribution in [-0.2, 0) is 6.54 Å². The second-order valence-electron chi connectivity index (χ2n) is 5.26. The van der Waals surface area contributed by atoms with Gasteiger partial charge in [-0.1, -0.05) is 48.5 Å².